The van der Waals surface area contributed by atoms with E-state index < -0.39 is 24.9 Å². The van der Waals surface area contributed by atoms with Crippen molar-refractivity contribution in [2.24, 2.45) is 17.6 Å². The molecule has 0 radical (unpaired) electrons. The van der Waals surface area contributed by atoms with Gasteiger partial charge in [0.25, 0.3) is 5.92 Å². The Balaban J connectivity index is 0.00000220. The van der Waals surface area contributed by atoms with E-state index in [4.69, 9.17) is 5.73 Å². The first-order chi connectivity index (χ1) is 9.43. The van der Waals surface area contributed by atoms with Crippen LogP contribution in [0.25, 0.3) is 0 Å². The fraction of sp³-hybridized carbons (Fsp3) is 0.846. The third-order valence-corrected chi connectivity index (χ3v) is 3.85. The van der Waals surface area contributed by atoms with Crippen molar-refractivity contribution in [2.45, 2.75) is 31.6 Å². The molecule has 2 amide bonds. The number of hydrogen-bond acceptors (Lipinski definition) is 3. The van der Waals surface area contributed by atoms with Gasteiger partial charge in [-0.25, -0.2) is 8.78 Å². The van der Waals surface area contributed by atoms with Crippen molar-refractivity contribution < 1.29 is 18.4 Å². The molecule has 3 N–H and O–H groups in total. The molecule has 122 valence electrons. The summed E-state index contributed by atoms with van der Waals surface area (Å²) in [4.78, 5) is 25.5. The van der Waals surface area contributed by atoms with Gasteiger partial charge in [0.1, 0.15) is 0 Å². The lowest BCUT2D eigenvalue weighted by Crippen LogP contribution is -2.48. The average Bonchev–Trinajstić information content (AvgIpc) is 3.29. The molecule has 0 aromatic rings. The lowest BCUT2D eigenvalue weighted by molar-refractivity contribution is -0.137. The average molecular weight is 326 g/mol. The Labute approximate surface area is 129 Å². The lowest BCUT2D eigenvalue weighted by atomic mass is 9.96. The van der Waals surface area contributed by atoms with Gasteiger partial charge in [-0.1, -0.05) is 0 Å². The van der Waals surface area contributed by atoms with E-state index >= 15 is 0 Å². The van der Waals surface area contributed by atoms with E-state index in [1.165, 1.54) is 0 Å². The van der Waals surface area contributed by atoms with Crippen LogP contribution in [0, 0.1) is 11.8 Å². The van der Waals surface area contributed by atoms with Crippen molar-refractivity contribution >= 4 is 24.2 Å². The van der Waals surface area contributed by atoms with Crippen LogP contribution in [0.15, 0.2) is 0 Å². The largest absolute Gasteiger partial charge is 0.350 e. The molecule has 1 heterocycles. The first-order valence-corrected chi connectivity index (χ1v) is 7.07. The molecule has 5 nitrogen and oxygen atoms in total. The van der Waals surface area contributed by atoms with Crippen LogP contribution in [0.2, 0.25) is 0 Å². The van der Waals surface area contributed by atoms with Crippen LogP contribution >= 0.6 is 12.4 Å². The molecule has 8 heteroatoms. The fourth-order valence-corrected chi connectivity index (χ4v) is 2.41. The molecule has 0 spiro atoms. The van der Waals surface area contributed by atoms with E-state index in [9.17, 15) is 18.4 Å². The molecule has 1 aliphatic heterocycles. The van der Waals surface area contributed by atoms with Crippen molar-refractivity contribution in [1.29, 1.82) is 0 Å². The third kappa shape index (κ3) is 5.07. The molecule has 2 aliphatic rings. The fourth-order valence-electron chi connectivity index (χ4n) is 2.41. The summed E-state index contributed by atoms with van der Waals surface area (Å²) in [6, 6.07) is 0. The van der Waals surface area contributed by atoms with Gasteiger partial charge in [-0.3, -0.25) is 9.59 Å². The predicted molar refractivity (Wildman–Crippen MR) is 76.3 cm³/mol. The zero-order chi connectivity index (χ0) is 14.8. The Morgan fingerprint density at radius 1 is 1.24 bits per heavy atom. The molecule has 0 aromatic heterocycles. The Morgan fingerprint density at radius 2 is 1.90 bits per heavy atom. The van der Waals surface area contributed by atoms with Gasteiger partial charge < -0.3 is 16.0 Å². The van der Waals surface area contributed by atoms with Gasteiger partial charge in [-0.05, 0) is 25.7 Å². The Hall–Kier alpha value is -0.950. The van der Waals surface area contributed by atoms with Crippen LogP contribution in [-0.4, -0.2) is 48.8 Å². The van der Waals surface area contributed by atoms with E-state index in [1.807, 2.05) is 0 Å². The second-order valence-corrected chi connectivity index (χ2v) is 5.68. The van der Waals surface area contributed by atoms with E-state index in [-0.39, 0.29) is 30.2 Å². The van der Waals surface area contributed by atoms with Gasteiger partial charge in [0.2, 0.25) is 11.8 Å². The molecule has 1 aliphatic carbocycles. The summed E-state index contributed by atoms with van der Waals surface area (Å²) in [5.41, 5.74) is 4.92. The molecule has 0 bridgehead atoms. The van der Waals surface area contributed by atoms with Crippen molar-refractivity contribution in [1.82, 2.24) is 10.2 Å². The minimum absolute atomic E-state index is 0. The van der Waals surface area contributed by atoms with E-state index in [0.717, 1.165) is 19.3 Å². The number of nitrogens with one attached hydrogen (secondary N) is 1. The number of carbonyl (C=O) groups excluding carboxylic acids is 2. The van der Waals surface area contributed by atoms with Crippen molar-refractivity contribution in [3.8, 4) is 0 Å². The number of rotatable bonds is 5. The van der Waals surface area contributed by atoms with Gasteiger partial charge in [0, 0.05) is 19.0 Å². The topological polar surface area (TPSA) is 75.4 Å². The number of alkyl halides is 2. The summed E-state index contributed by atoms with van der Waals surface area (Å²) in [7, 11) is 0. The van der Waals surface area contributed by atoms with Gasteiger partial charge >= 0.3 is 0 Å². The first-order valence-electron chi connectivity index (χ1n) is 7.07. The smallest absolute Gasteiger partial charge is 0.277 e. The zero-order valence-corrected chi connectivity index (χ0v) is 12.6. The van der Waals surface area contributed by atoms with E-state index in [1.54, 1.807) is 4.90 Å². The Bertz CT molecular complexity index is 392. The van der Waals surface area contributed by atoms with Crippen LogP contribution in [-0.2, 0) is 9.59 Å². The number of piperidine rings is 1. The summed E-state index contributed by atoms with van der Waals surface area (Å²) >= 11 is 0. The molecular weight excluding hydrogens is 304 g/mol. The lowest BCUT2D eigenvalue weighted by Gasteiger charge is -2.32. The summed E-state index contributed by atoms with van der Waals surface area (Å²) in [5, 5.41) is 2.24. The molecule has 2 fully saturated rings. The summed E-state index contributed by atoms with van der Waals surface area (Å²) in [6.45, 7) is -0.521. The standard InChI is InChI=1S/C13H21F2N3O2.ClH/c14-13(15,7-16)8-17-11(19)10-2-1-5-18(6-10)12(20)9-3-4-9;/h9-10H,1-8,16H2,(H,17,19);1H. The maximum Gasteiger partial charge on any atom is 0.277 e. The molecule has 2 rings (SSSR count). The second kappa shape index (κ2) is 7.35. The first kappa shape index (κ1) is 18.1. The Morgan fingerprint density at radius 3 is 2.48 bits per heavy atom. The highest BCUT2D eigenvalue weighted by Crippen LogP contribution is 2.32. The normalized spacial score (nSPS) is 22.4. The van der Waals surface area contributed by atoms with Gasteiger partial charge in [-0.2, -0.15) is 0 Å². The number of likely N-dealkylation sites (tertiary alicyclic amines) is 1. The highest BCUT2D eigenvalue weighted by atomic mass is 35.5. The molecule has 1 atom stereocenters. The third-order valence-electron chi connectivity index (χ3n) is 3.85. The van der Waals surface area contributed by atoms with Crippen LogP contribution in [0.5, 0.6) is 0 Å². The second-order valence-electron chi connectivity index (χ2n) is 5.68. The number of halogens is 3. The van der Waals surface area contributed by atoms with Crippen molar-refractivity contribution in [2.75, 3.05) is 26.2 Å². The van der Waals surface area contributed by atoms with E-state index in [2.05, 4.69) is 5.32 Å². The highest BCUT2D eigenvalue weighted by molar-refractivity contribution is 5.85. The van der Waals surface area contributed by atoms with Gasteiger partial charge in [-0.15, -0.1) is 12.4 Å². The number of nitrogens with zero attached hydrogens (tertiary/aromatic N) is 1. The highest BCUT2D eigenvalue weighted by Gasteiger charge is 2.37. The molecule has 1 unspecified atom stereocenters. The van der Waals surface area contributed by atoms with Crippen molar-refractivity contribution in [3.05, 3.63) is 0 Å². The maximum absolute atomic E-state index is 13.0. The Kier molecular flexibility index (Phi) is 6.34. The summed E-state index contributed by atoms with van der Waals surface area (Å²) in [6.07, 6.45) is 3.22. The van der Waals surface area contributed by atoms with Gasteiger partial charge in [0.05, 0.1) is 19.0 Å². The summed E-state index contributed by atoms with van der Waals surface area (Å²) < 4.78 is 26.0. The molecule has 1 saturated carbocycles. The summed E-state index contributed by atoms with van der Waals surface area (Å²) in [5.74, 6) is -3.65. The van der Waals surface area contributed by atoms with Gasteiger partial charge in [0.15, 0.2) is 0 Å². The SMILES string of the molecule is Cl.NCC(F)(F)CNC(=O)C1CCCN(C(=O)C2CC2)C1. The maximum atomic E-state index is 13.0. The predicted octanol–water partition coefficient (Wildman–Crippen LogP) is 0.767. The van der Waals surface area contributed by atoms with Crippen LogP contribution in [0.1, 0.15) is 25.7 Å². The molecule has 0 aromatic carbocycles. The molecular formula is C13H22ClF2N3O2. The van der Waals surface area contributed by atoms with Crippen LogP contribution in [0.4, 0.5) is 8.78 Å². The minimum Gasteiger partial charge on any atom is -0.350 e. The van der Waals surface area contributed by atoms with E-state index in [0.29, 0.717) is 19.5 Å². The number of amides is 2. The molecule has 1 saturated heterocycles. The van der Waals surface area contributed by atoms with Crippen LogP contribution in [0.3, 0.4) is 0 Å². The quantitative estimate of drug-likeness (QED) is 0.784. The minimum atomic E-state index is -3.08. The molecule has 21 heavy (non-hydrogen) atoms. The zero-order valence-electron chi connectivity index (χ0n) is 11.8. The number of carbonyl (C=O) groups is 2. The van der Waals surface area contributed by atoms with Crippen LogP contribution < -0.4 is 11.1 Å². The number of hydrogen-bond donors (Lipinski definition) is 2. The monoisotopic (exact) mass is 325 g/mol. The van der Waals surface area contributed by atoms with Crippen molar-refractivity contribution in [3.63, 3.8) is 0 Å². The number of nitrogens with two attached hydrogens (primary N) is 1.